The number of carbonyl (C=O) groups excluding carboxylic acids is 3. The van der Waals surface area contributed by atoms with Crippen molar-refractivity contribution in [3.05, 3.63) is 122 Å². The van der Waals surface area contributed by atoms with Crippen molar-refractivity contribution in [1.29, 1.82) is 0 Å². The minimum absolute atomic E-state index is 0.0908. The predicted octanol–water partition coefficient (Wildman–Crippen LogP) is 5.40. The Hall–Kier alpha value is -6.36. The number of amides is 3. The predicted molar refractivity (Wildman–Crippen MR) is 268 cm³/mol. The first kappa shape index (κ1) is 46.4. The van der Waals surface area contributed by atoms with Crippen molar-refractivity contribution in [2.75, 3.05) is 64.7 Å². The number of aromatic nitrogens is 5. The molecule has 8 heterocycles. The third-order valence-corrected chi connectivity index (χ3v) is 15.9. The number of aryl methyl sites for hydroxylation is 2. The number of benzene rings is 2. The zero-order valence-electron chi connectivity index (χ0n) is 40.6. The number of hydrogen-bond acceptors (Lipinski definition) is 10. The smallest absolute Gasteiger partial charge is 0.329 e. The molecule has 4 saturated heterocycles. The van der Waals surface area contributed by atoms with E-state index in [2.05, 4.69) is 81.1 Å². The van der Waals surface area contributed by atoms with Crippen LogP contribution in [0.1, 0.15) is 97.6 Å². The second-order valence-electron chi connectivity index (χ2n) is 20.0. The van der Waals surface area contributed by atoms with Crippen molar-refractivity contribution in [2.24, 2.45) is 20.0 Å². The Morgan fingerprint density at radius 1 is 0.841 bits per heavy atom. The maximum Gasteiger partial charge on any atom is 0.329 e. The summed E-state index contributed by atoms with van der Waals surface area (Å²) in [6.45, 7) is 12.8. The Morgan fingerprint density at radius 2 is 1.61 bits per heavy atom. The third kappa shape index (κ3) is 9.05. The molecule has 16 heteroatoms. The molecule has 6 aromatic rings. The minimum Gasteiger partial charge on any atom is -0.388 e. The number of nitrogens with one attached hydrogen (secondary N) is 2. The fraction of sp³-hybridized carbons (Fsp3) is 0.472. The number of likely N-dealkylation sites (tertiary alicyclic amines) is 2. The summed E-state index contributed by atoms with van der Waals surface area (Å²) in [5, 5.41) is 6.38. The van der Waals surface area contributed by atoms with Crippen molar-refractivity contribution in [2.45, 2.75) is 83.0 Å². The number of fused-ring (bicyclic) bond motifs is 2. The van der Waals surface area contributed by atoms with Crippen LogP contribution >= 0.6 is 0 Å². The Balaban J connectivity index is 0.683. The molecule has 16 nitrogen and oxygen atoms in total. The Morgan fingerprint density at radius 3 is 2.32 bits per heavy atom. The average molecular weight is 936 g/mol. The molecular weight excluding hydrogens is 871 g/mol. The molecule has 10 rings (SSSR count). The van der Waals surface area contributed by atoms with E-state index in [1.807, 2.05) is 48.5 Å². The Labute approximate surface area is 402 Å². The second-order valence-corrected chi connectivity index (χ2v) is 20.0. The van der Waals surface area contributed by atoms with Gasteiger partial charge in [0.1, 0.15) is 11.7 Å². The fourth-order valence-electron chi connectivity index (χ4n) is 11.7. The number of piperazine rings is 1. The zero-order chi connectivity index (χ0) is 48.1. The van der Waals surface area contributed by atoms with E-state index in [0.29, 0.717) is 29.8 Å². The number of piperidine rings is 3. The van der Waals surface area contributed by atoms with Gasteiger partial charge in [-0.3, -0.25) is 52.9 Å². The maximum atomic E-state index is 13.7. The zero-order valence-corrected chi connectivity index (χ0v) is 40.6. The fourth-order valence-corrected chi connectivity index (χ4v) is 11.7. The lowest BCUT2D eigenvalue weighted by Gasteiger charge is -2.42. The van der Waals surface area contributed by atoms with Crippen LogP contribution in [0.4, 0.5) is 5.69 Å². The van der Waals surface area contributed by atoms with Crippen LogP contribution in [0.2, 0.25) is 0 Å². The summed E-state index contributed by atoms with van der Waals surface area (Å²) >= 11 is 0. The van der Waals surface area contributed by atoms with Gasteiger partial charge in [-0.25, -0.2) is 9.78 Å². The molecule has 2 aromatic carbocycles. The van der Waals surface area contributed by atoms with Crippen molar-refractivity contribution >= 4 is 45.5 Å². The number of carbonyl (C=O) groups is 3. The van der Waals surface area contributed by atoms with Crippen LogP contribution in [0.5, 0.6) is 0 Å². The summed E-state index contributed by atoms with van der Waals surface area (Å²) < 4.78 is 6.99. The van der Waals surface area contributed by atoms with Crippen molar-refractivity contribution in [3.8, 4) is 5.69 Å². The molecule has 4 aliphatic rings. The van der Waals surface area contributed by atoms with Crippen LogP contribution in [-0.4, -0.2) is 126 Å². The van der Waals surface area contributed by atoms with E-state index >= 15 is 0 Å². The first-order valence-electron chi connectivity index (χ1n) is 24.8. The highest BCUT2D eigenvalue weighted by Crippen LogP contribution is 2.35. The van der Waals surface area contributed by atoms with Gasteiger partial charge in [0.15, 0.2) is 0 Å². The normalized spacial score (nSPS) is 21.0. The molecule has 0 spiro atoms. The number of pyridine rings is 2. The van der Waals surface area contributed by atoms with Gasteiger partial charge in [0, 0.05) is 126 Å². The van der Waals surface area contributed by atoms with Crippen molar-refractivity contribution in [3.63, 3.8) is 0 Å². The number of hydrogen-bond donors (Lipinski definition) is 2. The van der Waals surface area contributed by atoms with E-state index in [1.54, 1.807) is 28.4 Å². The van der Waals surface area contributed by atoms with Crippen LogP contribution in [0.15, 0.2) is 88.7 Å². The number of rotatable bonds is 11. The number of nitrogens with zero attached hydrogens (tertiary/aromatic N) is 9. The Kier molecular flexibility index (Phi) is 12.9. The molecule has 0 saturated carbocycles. The maximum absolute atomic E-state index is 13.7. The first-order chi connectivity index (χ1) is 33.3. The summed E-state index contributed by atoms with van der Waals surface area (Å²) in [4.78, 5) is 78.8. The quantitative estimate of drug-likeness (QED) is 0.162. The molecule has 3 amide bonds. The molecule has 362 valence electrons. The lowest BCUT2D eigenvalue weighted by atomic mass is 9.88. The van der Waals surface area contributed by atoms with Gasteiger partial charge in [-0.2, -0.15) is 0 Å². The van der Waals surface area contributed by atoms with Gasteiger partial charge in [0.05, 0.1) is 16.7 Å². The van der Waals surface area contributed by atoms with Crippen LogP contribution in [0.25, 0.3) is 27.8 Å². The molecule has 4 fully saturated rings. The SMILES string of the molecule is CNc1ccn(-c2ccnc3c2cc([C@H](C)N2CCC(c4ccc(C(=O)N5CCC(CN6CCN(Cc7ccc8c(c7)n(C)c(=O)n8C7CCC(=O)NC7=O)C[C@@H]6C)CC5)cc4)CC2)n3C)c(=O)c1. The topological polar surface area (TPSA) is 155 Å². The van der Waals surface area contributed by atoms with Crippen LogP contribution in [0, 0.1) is 5.92 Å². The van der Waals surface area contributed by atoms with Gasteiger partial charge in [-0.05, 0) is 124 Å². The van der Waals surface area contributed by atoms with E-state index in [9.17, 15) is 24.0 Å². The summed E-state index contributed by atoms with van der Waals surface area (Å²) in [6.07, 6.45) is 8.23. The summed E-state index contributed by atoms with van der Waals surface area (Å²) in [6, 6.07) is 22.0. The number of imidazole rings is 1. The van der Waals surface area contributed by atoms with Crippen LogP contribution < -0.4 is 21.9 Å². The molecule has 4 aliphatic heterocycles. The minimum atomic E-state index is -0.691. The van der Waals surface area contributed by atoms with E-state index in [0.717, 1.165) is 124 Å². The van der Waals surface area contributed by atoms with Gasteiger partial charge >= 0.3 is 5.69 Å². The summed E-state index contributed by atoms with van der Waals surface area (Å²) in [5.41, 5.74) is 7.99. The van der Waals surface area contributed by atoms with Crippen LogP contribution in [-0.2, 0) is 30.2 Å². The molecule has 2 N–H and O–H groups in total. The van der Waals surface area contributed by atoms with Gasteiger partial charge in [-0.1, -0.05) is 18.2 Å². The van der Waals surface area contributed by atoms with Gasteiger partial charge < -0.3 is 14.8 Å². The van der Waals surface area contributed by atoms with Gasteiger partial charge in [0.2, 0.25) is 11.8 Å². The van der Waals surface area contributed by atoms with Crippen molar-refractivity contribution < 1.29 is 14.4 Å². The van der Waals surface area contributed by atoms with E-state index in [-0.39, 0.29) is 35.5 Å². The average Bonchev–Trinajstić information content (AvgIpc) is 3.83. The second kappa shape index (κ2) is 19.2. The van der Waals surface area contributed by atoms with Crippen LogP contribution in [0.3, 0.4) is 0 Å². The highest BCUT2D eigenvalue weighted by Gasteiger charge is 2.33. The van der Waals surface area contributed by atoms with Gasteiger partial charge in [0.25, 0.3) is 11.5 Å². The number of imide groups is 1. The molecule has 4 aromatic heterocycles. The molecule has 0 aliphatic carbocycles. The van der Waals surface area contributed by atoms with E-state index in [1.165, 1.54) is 15.8 Å². The van der Waals surface area contributed by atoms with E-state index < -0.39 is 11.9 Å². The van der Waals surface area contributed by atoms with Gasteiger partial charge in [-0.15, -0.1) is 0 Å². The largest absolute Gasteiger partial charge is 0.388 e. The lowest BCUT2D eigenvalue weighted by Crippen LogP contribution is -2.53. The molecule has 3 atom stereocenters. The van der Waals surface area contributed by atoms with E-state index in [4.69, 9.17) is 4.98 Å². The number of anilines is 1. The molecule has 0 bridgehead atoms. The molecule has 1 unspecified atom stereocenters. The lowest BCUT2D eigenvalue weighted by molar-refractivity contribution is -0.135. The standard InChI is InChI=1S/C53H65N11O5/c1-34-31-59(32-37-6-11-44-47(28-37)58(5)53(69)64(44)45-12-13-48(65)56-51(45)67)26-27-62(34)33-36-15-21-61(22-16-36)52(68)40-9-7-38(8-10-40)39-17-23-60(24-18-39)35(2)46-30-42-43(14-20-55-50(42)57(46)4)63-25-19-41(54-3)29-49(63)66/h6-11,14,19-20,25,28-30,34-36,39,45,54H,12-13,15-18,21-24,26-27,31-33H2,1-5H3,(H,56,65,67)/t34-,35-,45?/m0/s1. The molecular formula is C53H65N11O5. The summed E-state index contributed by atoms with van der Waals surface area (Å²) in [7, 11) is 5.61. The monoisotopic (exact) mass is 936 g/mol. The highest BCUT2D eigenvalue weighted by atomic mass is 16.2. The summed E-state index contributed by atoms with van der Waals surface area (Å²) in [5.74, 6) is 0.407. The molecule has 0 radical (unpaired) electrons. The molecule has 69 heavy (non-hydrogen) atoms. The third-order valence-electron chi connectivity index (χ3n) is 15.9. The van der Waals surface area contributed by atoms with Crippen molar-refractivity contribution in [1.82, 2.24) is 48.2 Å². The highest BCUT2D eigenvalue weighted by molar-refractivity contribution is 6.00. The first-order valence-corrected chi connectivity index (χ1v) is 24.8. The Bertz CT molecular complexity index is 3020.